The topological polar surface area (TPSA) is 49.9 Å². The second-order valence-electron chi connectivity index (χ2n) is 7.32. The van der Waals surface area contributed by atoms with Crippen LogP contribution in [0.2, 0.25) is 0 Å². The van der Waals surface area contributed by atoms with E-state index in [0.29, 0.717) is 24.0 Å². The molecular formula is C27H21NO2. The van der Waals surface area contributed by atoms with E-state index in [2.05, 4.69) is 29.0 Å². The SMILES string of the molecule is CC(=O)c1ccc(Cc2cc3cc(C#CCc4ccccc4)ccc3[nH]c2=O)cc1. The van der Waals surface area contributed by atoms with E-state index in [1.807, 2.05) is 54.6 Å². The lowest BCUT2D eigenvalue weighted by atomic mass is 10.0. The van der Waals surface area contributed by atoms with Crippen molar-refractivity contribution in [3.05, 3.63) is 117 Å². The Hall–Kier alpha value is -3.90. The largest absolute Gasteiger partial charge is 0.322 e. The minimum atomic E-state index is -0.0962. The molecule has 0 saturated heterocycles. The lowest BCUT2D eigenvalue weighted by Gasteiger charge is -2.05. The third-order valence-corrected chi connectivity index (χ3v) is 5.04. The summed E-state index contributed by atoms with van der Waals surface area (Å²) in [5.41, 5.74) is 5.15. The second-order valence-corrected chi connectivity index (χ2v) is 7.32. The average Bonchev–Trinajstić information content (AvgIpc) is 2.75. The number of hydrogen-bond acceptors (Lipinski definition) is 2. The van der Waals surface area contributed by atoms with E-state index in [-0.39, 0.29) is 11.3 Å². The highest BCUT2D eigenvalue weighted by atomic mass is 16.1. The van der Waals surface area contributed by atoms with Crippen LogP contribution in [-0.4, -0.2) is 10.8 Å². The van der Waals surface area contributed by atoms with E-state index in [0.717, 1.165) is 22.0 Å². The molecule has 1 aromatic heterocycles. The Kier molecular flexibility index (Phi) is 5.59. The van der Waals surface area contributed by atoms with Gasteiger partial charge in [-0.2, -0.15) is 0 Å². The van der Waals surface area contributed by atoms with E-state index < -0.39 is 0 Å². The highest BCUT2D eigenvalue weighted by Gasteiger charge is 2.06. The van der Waals surface area contributed by atoms with E-state index in [4.69, 9.17) is 0 Å². The van der Waals surface area contributed by atoms with Crippen LogP contribution < -0.4 is 5.56 Å². The molecule has 0 spiro atoms. The summed E-state index contributed by atoms with van der Waals surface area (Å²) in [6.07, 6.45) is 1.21. The second kappa shape index (κ2) is 8.63. The van der Waals surface area contributed by atoms with Gasteiger partial charge in [-0.05, 0) is 47.7 Å². The highest BCUT2D eigenvalue weighted by molar-refractivity contribution is 5.94. The van der Waals surface area contributed by atoms with Crippen molar-refractivity contribution in [2.75, 3.05) is 0 Å². The number of Topliss-reactive ketones (excluding diaryl/α,β-unsaturated/α-hetero) is 1. The van der Waals surface area contributed by atoms with E-state index in [9.17, 15) is 9.59 Å². The van der Waals surface area contributed by atoms with E-state index in [1.165, 1.54) is 5.56 Å². The number of hydrogen-bond donors (Lipinski definition) is 1. The zero-order valence-electron chi connectivity index (χ0n) is 16.7. The van der Waals surface area contributed by atoms with Gasteiger partial charge in [-0.15, -0.1) is 0 Å². The van der Waals surface area contributed by atoms with Gasteiger partial charge in [0.15, 0.2) is 5.78 Å². The molecule has 0 aliphatic rings. The van der Waals surface area contributed by atoms with Crippen LogP contribution in [-0.2, 0) is 12.8 Å². The maximum absolute atomic E-state index is 12.5. The van der Waals surface area contributed by atoms with Crippen molar-refractivity contribution < 1.29 is 4.79 Å². The molecular weight excluding hydrogens is 370 g/mol. The number of aromatic nitrogens is 1. The molecule has 4 aromatic rings. The maximum atomic E-state index is 12.5. The fourth-order valence-corrected chi connectivity index (χ4v) is 3.38. The Morgan fingerprint density at radius 2 is 1.67 bits per heavy atom. The summed E-state index contributed by atoms with van der Waals surface area (Å²) >= 11 is 0. The smallest absolute Gasteiger partial charge is 0.251 e. The number of nitrogens with one attached hydrogen (secondary N) is 1. The van der Waals surface area contributed by atoms with Crippen molar-refractivity contribution in [2.24, 2.45) is 0 Å². The van der Waals surface area contributed by atoms with Gasteiger partial charge in [0.05, 0.1) is 0 Å². The fraction of sp³-hybridized carbons (Fsp3) is 0.111. The lowest BCUT2D eigenvalue weighted by Crippen LogP contribution is -2.12. The normalized spacial score (nSPS) is 10.4. The van der Waals surface area contributed by atoms with Gasteiger partial charge in [-0.1, -0.05) is 66.4 Å². The molecule has 0 fully saturated rings. The number of carbonyl (C=O) groups excluding carboxylic acids is 1. The van der Waals surface area contributed by atoms with Gasteiger partial charge in [0.2, 0.25) is 0 Å². The molecule has 0 aliphatic heterocycles. The number of ketones is 1. The molecule has 0 amide bonds. The van der Waals surface area contributed by atoms with Crippen molar-refractivity contribution in [1.82, 2.24) is 4.98 Å². The minimum absolute atomic E-state index is 0.0333. The number of fused-ring (bicyclic) bond motifs is 1. The van der Waals surface area contributed by atoms with Gasteiger partial charge >= 0.3 is 0 Å². The average molecular weight is 391 g/mol. The molecule has 146 valence electrons. The monoisotopic (exact) mass is 391 g/mol. The van der Waals surface area contributed by atoms with Crippen molar-refractivity contribution in [2.45, 2.75) is 19.8 Å². The maximum Gasteiger partial charge on any atom is 0.251 e. The summed E-state index contributed by atoms with van der Waals surface area (Å²) in [6.45, 7) is 1.55. The van der Waals surface area contributed by atoms with Crippen LogP contribution in [0.3, 0.4) is 0 Å². The first-order valence-corrected chi connectivity index (χ1v) is 9.87. The molecule has 0 bridgehead atoms. The number of H-pyrrole nitrogens is 1. The fourth-order valence-electron chi connectivity index (χ4n) is 3.38. The Balaban J connectivity index is 1.58. The van der Waals surface area contributed by atoms with Crippen LogP contribution in [0, 0.1) is 11.8 Å². The first-order chi connectivity index (χ1) is 14.6. The van der Waals surface area contributed by atoms with Crippen molar-refractivity contribution >= 4 is 16.7 Å². The highest BCUT2D eigenvalue weighted by Crippen LogP contribution is 2.16. The molecule has 0 unspecified atom stereocenters. The summed E-state index contributed by atoms with van der Waals surface area (Å²) in [6, 6.07) is 25.3. The van der Waals surface area contributed by atoms with Crippen LogP contribution in [0.4, 0.5) is 0 Å². The number of benzene rings is 3. The zero-order chi connectivity index (χ0) is 20.9. The Bertz CT molecular complexity index is 1320. The van der Waals surface area contributed by atoms with Crippen LogP contribution >= 0.6 is 0 Å². The van der Waals surface area contributed by atoms with Gasteiger partial charge in [-0.3, -0.25) is 9.59 Å². The van der Waals surface area contributed by atoms with Crippen LogP contribution in [0.1, 0.15) is 39.5 Å². The Labute approximate surface area is 175 Å². The van der Waals surface area contributed by atoms with Gasteiger partial charge < -0.3 is 4.98 Å². The number of aromatic amines is 1. The lowest BCUT2D eigenvalue weighted by molar-refractivity contribution is 0.101. The van der Waals surface area contributed by atoms with Gasteiger partial charge in [-0.25, -0.2) is 0 Å². The first-order valence-electron chi connectivity index (χ1n) is 9.87. The van der Waals surface area contributed by atoms with Crippen LogP contribution in [0.25, 0.3) is 10.9 Å². The molecule has 3 nitrogen and oxygen atoms in total. The van der Waals surface area contributed by atoms with Crippen molar-refractivity contribution in [3.8, 4) is 11.8 Å². The molecule has 30 heavy (non-hydrogen) atoms. The number of carbonyl (C=O) groups is 1. The van der Waals surface area contributed by atoms with Crippen LogP contribution in [0.5, 0.6) is 0 Å². The Morgan fingerprint density at radius 1 is 0.900 bits per heavy atom. The third kappa shape index (κ3) is 4.56. The predicted molar refractivity (Wildman–Crippen MR) is 121 cm³/mol. The van der Waals surface area contributed by atoms with E-state index >= 15 is 0 Å². The number of pyridine rings is 1. The summed E-state index contributed by atoms with van der Waals surface area (Å²) in [7, 11) is 0. The number of rotatable bonds is 4. The molecule has 3 heteroatoms. The van der Waals surface area contributed by atoms with Gasteiger partial charge in [0.1, 0.15) is 0 Å². The van der Waals surface area contributed by atoms with Crippen molar-refractivity contribution in [1.29, 1.82) is 0 Å². The molecule has 0 aliphatic carbocycles. The third-order valence-electron chi connectivity index (χ3n) is 5.04. The standard InChI is InChI=1S/C27H21NO2/c1-19(29)23-13-10-22(11-14-23)17-25-18-24-16-21(12-15-26(24)28-27(25)30)9-5-8-20-6-3-2-4-7-20/h2-4,6-7,10-16,18H,8,17H2,1H3,(H,28,30). The molecule has 1 heterocycles. The summed E-state index contributed by atoms with van der Waals surface area (Å²) in [5.74, 6) is 6.46. The van der Waals surface area contributed by atoms with Gasteiger partial charge in [0, 0.05) is 35.0 Å². The molecule has 0 radical (unpaired) electrons. The van der Waals surface area contributed by atoms with Crippen LogP contribution in [0.15, 0.2) is 83.7 Å². The quantitative estimate of drug-likeness (QED) is 0.397. The zero-order valence-corrected chi connectivity index (χ0v) is 16.7. The van der Waals surface area contributed by atoms with E-state index in [1.54, 1.807) is 19.1 Å². The summed E-state index contributed by atoms with van der Waals surface area (Å²) < 4.78 is 0. The molecule has 1 N–H and O–H groups in total. The molecule has 0 atom stereocenters. The molecule has 3 aromatic carbocycles. The predicted octanol–water partition coefficient (Wildman–Crippen LogP) is 4.92. The molecule has 0 saturated carbocycles. The summed E-state index contributed by atoms with van der Waals surface area (Å²) in [4.78, 5) is 26.9. The first kappa shape index (κ1) is 19.4. The van der Waals surface area contributed by atoms with Crippen molar-refractivity contribution in [3.63, 3.8) is 0 Å². The minimum Gasteiger partial charge on any atom is -0.322 e. The van der Waals surface area contributed by atoms with Gasteiger partial charge in [0.25, 0.3) is 5.56 Å². The molecule has 4 rings (SSSR count). The summed E-state index contributed by atoms with van der Waals surface area (Å²) in [5, 5.41) is 0.955. The Morgan fingerprint density at radius 3 is 2.40 bits per heavy atom.